The molecule has 2 aromatic rings. The van der Waals surface area contributed by atoms with Gasteiger partial charge in [0.25, 0.3) is 0 Å². The summed E-state index contributed by atoms with van der Waals surface area (Å²) >= 11 is 8.88. The van der Waals surface area contributed by atoms with E-state index in [0.29, 0.717) is 40.7 Å². The van der Waals surface area contributed by atoms with Gasteiger partial charge in [-0.2, -0.15) is 0 Å². The molecule has 0 saturated heterocycles. The van der Waals surface area contributed by atoms with Crippen LogP contribution in [0.25, 0.3) is 5.57 Å². The van der Waals surface area contributed by atoms with Gasteiger partial charge in [0.05, 0.1) is 40.0 Å². The van der Waals surface area contributed by atoms with Crippen molar-refractivity contribution in [2.75, 3.05) is 35.5 Å². The maximum atomic E-state index is 6.02. The molecular weight excluding hydrogens is 458 g/mol. The summed E-state index contributed by atoms with van der Waals surface area (Å²) in [5, 5.41) is 0. The number of ether oxygens (including phenoxy) is 5. The lowest BCUT2D eigenvalue weighted by atomic mass is 10.0. The smallest absolute Gasteiger partial charge is 0.203 e. The zero-order valence-electron chi connectivity index (χ0n) is 17.0. The van der Waals surface area contributed by atoms with Gasteiger partial charge in [0.1, 0.15) is 4.99 Å². The van der Waals surface area contributed by atoms with Crippen LogP contribution in [-0.4, -0.2) is 40.5 Å². The molecule has 6 nitrogen and oxygen atoms in total. The molecule has 29 heavy (non-hydrogen) atoms. The summed E-state index contributed by atoms with van der Waals surface area (Å²) in [4.78, 5) is 0.260. The highest BCUT2D eigenvalue weighted by Crippen LogP contribution is 2.41. The van der Waals surface area contributed by atoms with E-state index in [1.54, 1.807) is 35.5 Å². The van der Waals surface area contributed by atoms with E-state index in [1.807, 2.05) is 30.3 Å². The van der Waals surface area contributed by atoms with E-state index < -0.39 is 0 Å². The normalized spacial score (nSPS) is 11.0. The molecule has 2 rings (SSSR count). The Morgan fingerprint density at radius 1 is 0.897 bits per heavy atom. The lowest BCUT2D eigenvalue weighted by Gasteiger charge is -2.16. The van der Waals surface area contributed by atoms with Crippen LogP contribution in [0.4, 0.5) is 0 Å². The molecule has 156 valence electrons. The summed E-state index contributed by atoms with van der Waals surface area (Å²) in [7, 11) is 7.87. The Kier molecular flexibility index (Phi) is 8.16. The van der Waals surface area contributed by atoms with E-state index in [4.69, 9.17) is 41.6 Å². The van der Waals surface area contributed by atoms with Crippen LogP contribution in [0.5, 0.6) is 28.7 Å². The molecule has 0 saturated carbocycles. The second-order valence-electron chi connectivity index (χ2n) is 5.87. The first-order chi connectivity index (χ1) is 13.9. The van der Waals surface area contributed by atoms with Crippen molar-refractivity contribution in [3.63, 3.8) is 0 Å². The van der Waals surface area contributed by atoms with Gasteiger partial charge in [0.2, 0.25) is 5.75 Å². The predicted octanol–water partition coefficient (Wildman–Crippen LogP) is 4.40. The van der Waals surface area contributed by atoms with Crippen molar-refractivity contribution in [2.45, 2.75) is 6.42 Å². The molecule has 0 radical (unpaired) electrons. The largest absolute Gasteiger partial charge is 0.493 e. The Hall–Kier alpha value is -2.45. The van der Waals surface area contributed by atoms with Crippen LogP contribution in [0.1, 0.15) is 11.1 Å². The number of hydrogen-bond donors (Lipinski definition) is 1. The van der Waals surface area contributed by atoms with Gasteiger partial charge in [0.15, 0.2) is 23.0 Å². The molecule has 0 bridgehead atoms. The zero-order chi connectivity index (χ0) is 21.6. The van der Waals surface area contributed by atoms with Gasteiger partial charge in [-0.25, -0.2) is 0 Å². The SMILES string of the molecule is COc1cc(C(=CCc2ccc(OC)c(OC)c2Br)C(N)=S)cc(OC)c1OC. The first-order valence-corrected chi connectivity index (χ1v) is 9.81. The van der Waals surface area contributed by atoms with Crippen molar-refractivity contribution in [3.8, 4) is 28.7 Å². The molecule has 0 aliphatic heterocycles. The van der Waals surface area contributed by atoms with Crippen molar-refractivity contribution in [1.29, 1.82) is 0 Å². The monoisotopic (exact) mass is 481 g/mol. The van der Waals surface area contributed by atoms with Crippen molar-refractivity contribution in [3.05, 3.63) is 45.9 Å². The second-order valence-corrected chi connectivity index (χ2v) is 7.11. The van der Waals surface area contributed by atoms with Crippen LogP contribution in [-0.2, 0) is 6.42 Å². The predicted molar refractivity (Wildman–Crippen MR) is 122 cm³/mol. The highest BCUT2D eigenvalue weighted by Gasteiger charge is 2.17. The fourth-order valence-corrected chi connectivity index (χ4v) is 3.75. The fourth-order valence-electron chi connectivity index (χ4n) is 2.90. The first-order valence-electron chi connectivity index (χ1n) is 8.61. The lowest BCUT2D eigenvalue weighted by molar-refractivity contribution is 0.324. The van der Waals surface area contributed by atoms with Gasteiger partial charge < -0.3 is 29.4 Å². The van der Waals surface area contributed by atoms with E-state index in [2.05, 4.69) is 15.9 Å². The summed E-state index contributed by atoms with van der Waals surface area (Å²) < 4.78 is 27.8. The topological polar surface area (TPSA) is 72.2 Å². The van der Waals surface area contributed by atoms with Gasteiger partial charge >= 0.3 is 0 Å². The molecule has 0 heterocycles. The number of benzene rings is 2. The van der Waals surface area contributed by atoms with E-state index in [0.717, 1.165) is 15.6 Å². The number of halogens is 1. The molecule has 0 aliphatic rings. The van der Waals surface area contributed by atoms with Crippen LogP contribution >= 0.6 is 28.1 Å². The van der Waals surface area contributed by atoms with Gasteiger partial charge in [-0.3, -0.25) is 0 Å². The quantitative estimate of drug-likeness (QED) is 0.420. The Labute approximate surface area is 184 Å². The number of hydrogen-bond acceptors (Lipinski definition) is 6. The summed E-state index contributed by atoms with van der Waals surface area (Å²) in [6.07, 6.45) is 2.51. The van der Waals surface area contributed by atoms with E-state index in [9.17, 15) is 0 Å². The van der Waals surface area contributed by atoms with Crippen molar-refractivity contribution in [1.82, 2.24) is 0 Å². The molecule has 0 amide bonds. The van der Waals surface area contributed by atoms with Crippen LogP contribution in [0.15, 0.2) is 34.8 Å². The molecule has 0 aromatic heterocycles. The van der Waals surface area contributed by atoms with Gasteiger partial charge in [-0.15, -0.1) is 0 Å². The summed E-state index contributed by atoms with van der Waals surface area (Å²) in [6, 6.07) is 7.44. The number of thiocarbonyl (C=S) groups is 1. The molecule has 0 fully saturated rings. The molecule has 0 atom stereocenters. The highest BCUT2D eigenvalue weighted by atomic mass is 79.9. The van der Waals surface area contributed by atoms with Crippen LogP contribution in [0, 0.1) is 0 Å². The summed E-state index contributed by atoms with van der Waals surface area (Å²) in [6.45, 7) is 0. The average Bonchev–Trinajstić information content (AvgIpc) is 2.73. The third-order valence-corrected chi connectivity index (χ3v) is 5.42. The van der Waals surface area contributed by atoms with Crippen molar-refractivity contribution < 1.29 is 23.7 Å². The van der Waals surface area contributed by atoms with Crippen molar-refractivity contribution >= 4 is 38.7 Å². The van der Waals surface area contributed by atoms with E-state index in [-0.39, 0.29) is 4.99 Å². The van der Waals surface area contributed by atoms with Gasteiger partial charge in [0, 0.05) is 5.57 Å². The Bertz CT molecular complexity index is 905. The highest BCUT2D eigenvalue weighted by molar-refractivity contribution is 9.10. The van der Waals surface area contributed by atoms with Crippen LogP contribution in [0.2, 0.25) is 0 Å². The third kappa shape index (κ3) is 4.94. The number of methoxy groups -OCH3 is 5. The lowest BCUT2D eigenvalue weighted by Crippen LogP contribution is -2.11. The third-order valence-electron chi connectivity index (χ3n) is 4.33. The minimum absolute atomic E-state index is 0.260. The molecule has 2 N–H and O–H groups in total. The number of allylic oxidation sites excluding steroid dienone is 1. The van der Waals surface area contributed by atoms with Gasteiger partial charge in [-0.05, 0) is 51.7 Å². The maximum absolute atomic E-state index is 6.02. The zero-order valence-corrected chi connectivity index (χ0v) is 19.4. The van der Waals surface area contributed by atoms with Crippen LogP contribution in [0.3, 0.4) is 0 Å². The van der Waals surface area contributed by atoms with E-state index in [1.165, 1.54) is 0 Å². The molecule has 0 aliphatic carbocycles. The molecule has 8 heteroatoms. The Morgan fingerprint density at radius 2 is 1.45 bits per heavy atom. The minimum atomic E-state index is 0.260. The van der Waals surface area contributed by atoms with Crippen molar-refractivity contribution in [2.24, 2.45) is 5.73 Å². The fraction of sp³-hybridized carbons (Fsp3) is 0.286. The summed E-state index contributed by atoms with van der Waals surface area (Å²) in [5.74, 6) is 2.82. The molecule has 2 aromatic carbocycles. The Balaban J connectivity index is 2.51. The average molecular weight is 482 g/mol. The molecular formula is C21H24BrNO5S. The van der Waals surface area contributed by atoms with Crippen LogP contribution < -0.4 is 29.4 Å². The second kappa shape index (κ2) is 10.4. The first kappa shape index (κ1) is 22.8. The minimum Gasteiger partial charge on any atom is -0.493 e. The number of nitrogens with two attached hydrogens (primary N) is 1. The molecule has 0 unspecified atom stereocenters. The maximum Gasteiger partial charge on any atom is 0.203 e. The van der Waals surface area contributed by atoms with Gasteiger partial charge in [-0.1, -0.05) is 24.4 Å². The number of rotatable bonds is 9. The summed E-state index contributed by atoms with van der Waals surface area (Å²) in [5.41, 5.74) is 8.47. The Morgan fingerprint density at radius 3 is 1.90 bits per heavy atom. The standard InChI is InChI=1S/C21H24BrNO5S/c1-24-15-9-7-12(18(22)20(15)28-5)6-8-14(21(23)29)13-10-16(25-2)19(27-4)17(11-13)26-3/h7-11H,6H2,1-5H3,(H2,23,29). The van der Waals surface area contributed by atoms with E-state index >= 15 is 0 Å². The molecule has 0 spiro atoms.